The summed E-state index contributed by atoms with van der Waals surface area (Å²) in [5.74, 6) is -0.139. The summed E-state index contributed by atoms with van der Waals surface area (Å²) in [4.78, 5) is 22.4. The van der Waals surface area contributed by atoms with Gasteiger partial charge >= 0.3 is 0 Å². The smallest absolute Gasteiger partial charge is 0.263 e. The Balaban J connectivity index is 1.33. The quantitative estimate of drug-likeness (QED) is 0.390. The lowest BCUT2D eigenvalue weighted by Gasteiger charge is -2.34. The van der Waals surface area contributed by atoms with Crippen molar-refractivity contribution in [3.05, 3.63) is 64.8 Å². The van der Waals surface area contributed by atoms with Crippen molar-refractivity contribution in [2.45, 2.75) is 26.3 Å². The molecule has 1 N–H and O–H groups in total. The van der Waals surface area contributed by atoms with Gasteiger partial charge in [-0.2, -0.15) is 0 Å². The van der Waals surface area contributed by atoms with Crippen LogP contribution in [0.3, 0.4) is 0 Å². The first kappa shape index (κ1) is 23.2. The number of nitrogens with one attached hydrogen (secondary N) is 1. The van der Waals surface area contributed by atoms with Gasteiger partial charge in [0.15, 0.2) is 0 Å². The lowest BCUT2D eigenvalue weighted by atomic mass is 10.1. The van der Waals surface area contributed by atoms with Crippen LogP contribution in [0.1, 0.15) is 30.9 Å². The molecule has 3 aromatic rings. The average molecular weight is 492 g/mol. The molecule has 5 rings (SSSR count). The zero-order valence-corrected chi connectivity index (χ0v) is 21.0. The molecule has 2 aliphatic heterocycles. The molecule has 176 valence electrons. The van der Waals surface area contributed by atoms with E-state index in [1.165, 1.54) is 36.7 Å². The summed E-state index contributed by atoms with van der Waals surface area (Å²) in [5.41, 5.74) is 5.32. The van der Waals surface area contributed by atoms with Crippen molar-refractivity contribution in [1.29, 1.82) is 0 Å². The molecule has 0 atom stereocenters. The zero-order valence-electron chi connectivity index (χ0n) is 19.4. The first-order chi connectivity index (χ1) is 16.6. The van der Waals surface area contributed by atoms with E-state index in [2.05, 4.69) is 55.7 Å². The first-order valence-electron chi connectivity index (χ1n) is 11.8. The Labute approximate surface area is 210 Å². The number of nitrogens with zero attached hydrogens (tertiary/aromatic N) is 4. The van der Waals surface area contributed by atoms with Crippen LogP contribution >= 0.6 is 24.0 Å². The van der Waals surface area contributed by atoms with Gasteiger partial charge in [-0.25, -0.2) is 4.98 Å². The van der Waals surface area contributed by atoms with Crippen molar-refractivity contribution in [2.24, 2.45) is 0 Å². The second kappa shape index (κ2) is 10.4. The van der Waals surface area contributed by atoms with Crippen LogP contribution in [-0.4, -0.2) is 62.1 Å². The molecule has 6 nitrogen and oxygen atoms in total. The Morgan fingerprint density at radius 3 is 2.74 bits per heavy atom. The number of benzene rings is 1. The number of fused-ring (bicyclic) bond motifs is 1. The highest BCUT2D eigenvalue weighted by Gasteiger charge is 2.22. The summed E-state index contributed by atoms with van der Waals surface area (Å²) in [6, 6.07) is 12.7. The van der Waals surface area contributed by atoms with E-state index in [-0.39, 0.29) is 5.91 Å². The lowest BCUT2D eigenvalue weighted by Crippen LogP contribution is -2.46. The van der Waals surface area contributed by atoms with E-state index in [0.717, 1.165) is 55.2 Å². The minimum atomic E-state index is -0.139. The minimum absolute atomic E-state index is 0.139. The predicted molar refractivity (Wildman–Crippen MR) is 144 cm³/mol. The van der Waals surface area contributed by atoms with E-state index in [1.54, 1.807) is 0 Å². The van der Waals surface area contributed by atoms with Gasteiger partial charge in [0.05, 0.1) is 16.8 Å². The van der Waals surface area contributed by atoms with Crippen LogP contribution in [-0.2, 0) is 11.3 Å². The van der Waals surface area contributed by atoms with Crippen LogP contribution in [0.4, 0.5) is 0 Å². The monoisotopic (exact) mass is 491 g/mol. The van der Waals surface area contributed by atoms with Crippen LogP contribution in [0.25, 0.3) is 23.0 Å². The van der Waals surface area contributed by atoms with Gasteiger partial charge in [-0.15, -0.1) is 0 Å². The van der Waals surface area contributed by atoms with Gasteiger partial charge in [-0.05, 0) is 48.4 Å². The number of aromatic nitrogens is 2. The molecular weight excluding hydrogens is 462 g/mol. The molecule has 1 aromatic carbocycles. The number of hydrogen-bond acceptors (Lipinski definition) is 6. The average Bonchev–Trinajstić information content (AvgIpc) is 3.40. The Bertz CT molecular complexity index is 1240. The third-order valence-corrected chi connectivity index (χ3v) is 7.55. The minimum Gasteiger partial charge on any atom is -0.307 e. The second-order valence-corrected chi connectivity index (χ2v) is 10.6. The van der Waals surface area contributed by atoms with Crippen LogP contribution < -0.4 is 5.32 Å². The summed E-state index contributed by atoms with van der Waals surface area (Å²) >= 11 is 6.40. The predicted octanol–water partition coefficient (Wildman–Crippen LogP) is 4.41. The topological polar surface area (TPSA) is 52.9 Å². The molecular formula is C26H29N5OS2. The fourth-order valence-electron chi connectivity index (χ4n) is 4.51. The fraction of sp³-hybridized carbons (Fsp3) is 0.346. The molecule has 34 heavy (non-hydrogen) atoms. The Kier molecular flexibility index (Phi) is 7.10. The number of imidazole rings is 1. The summed E-state index contributed by atoms with van der Waals surface area (Å²) in [7, 11) is 0. The van der Waals surface area contributed by atoms with Crippen molar-refractivity contribution < 1.29 is 4.79 Å². The zero-order chi connectivity index (χ0) is 23.5. The second-order valence-electron chi connectivity index (χ2n) is 8.86. The summed E-state index contributed by atoms with van der Waals surface area (Å²) in [6.07, 6.45) is 8.38. The van der Waals surface area contributed by atoms with Crippen LogP contribution in [0.15, 0.2) is 53.7 Å². The molecule has 8 heteroatoms. The molecule has 0 bridgehead atoms. The van der Waals surface area contributed by atoms with Gasteiger partial charge in [0.25, 0.3) is 5.91 Å². The molecule has 2 aromatic heterocycles. The van der Waals surface area contributed by atoms with Crippen LogP contribution in [0, 0.1) is 0 Å². The highest BCUT2D eigenvalue weighted by atomic mass is 32.2. The maximum Gasteiger partial charge on any atom is 0.263 e. The number of hydrogen-bond donors (Lipinski definition) is 1. The molecule has 0 unspecified atom stereocenters. The molecule has 2 fully saturated rings. The maximum atomic E-state index is 12.0. The normalized spacial score (nSPS) is 18.8. The van der Waals surface area contributed by atoms with Crippen LogP contribution in [0.5, 0.6) is 0 Å². The van der Waals surface area contributed by atoms with E-state index in [9.17, 15) is 4.79 Å². The Hall–Kier alpha value is -2.52. The van der Waals surface area contributed by atoms with Crippen LogP contribution in [0.2, 0.25) is 0 Å². The largest absolute Gasteiger partial charge is 0.307 e. The molecule has 2 saturated heterocycles. The van der Waals surface area contributed by atoms with Crippen molar-refractivity contribution in [3.8, 4) is 11.3 Å². The van der Waals surface area contributed by atoms with Gasteiger partial charge in [-0.3, -0.25) is 14.1 Å². The number of piperazine rings is 1. The van der Waals surface area contributed by atoms with Crippen molar-refractivity contribution in [2.75, 3.05) is 32.7 Å². The number of unbranched alkanes of at least 4 members (excludes halogenated alkanes) is 1. The van der Waals surface area contributed by atoms with Gasteiger partial charge < -0.3 is 10.2 Å². The molecule has 0 spiro atoms. The lowest BCUT2D eigenvalue weighted by molar-refractivity contribution is -0.115. The van der Waals surface area contributed by atoms with E-state index >= 15 is 0 Å². The molecule has 0 radical (unpaired) electrons. The standard InChI is InChI=1S/C26H29N5OS2/c1-2-3-9-29-10-12-30(13-11-29)17-19-5-4-6-21(14-19)22-16-27-24-8-7-20(18-31(22)24)15-23-25(32)28-26(33)34-23/h4-8,14-16,18H,2-3,9-13,17H2,1H3,(H,28,32,33). The number of thioether (sulfide) groups is 1. The van der Waals surface area contributed by atoms with Gasteiger partial charge in [0, 0.05) is 44.5 Å². The third kappa shape index (κ3) is 5.25. The summed E-state index contributed by atoms with van der Waals surface area (Å²) in [5, 5.41) is 2.67. The molecule has 1 amide bonds. The van der Waals surface area contributed by atoms with E-state index in [1.807, 2.05) is 30.6 Å². The Morgan fingerprint density at radius 2 is 1.97 bits per heavy atom. The molecule has 4 heterocycles. The fourth-order valence-corrected chi connectivity index (χ4v) is 5.55. The van der Waals surface area contributed by atoms with Gasteiger partial charge in [0.1, 0.15) is 9.97 Å². The van der Waals surface area contributed by atoms with Gasteiger partial charge in [-0.1, -0.05) is 55.5 Å². The van der Waals surface area contributed by atoms with Crippen molar-refractivity contribution >= 4 is 45.9 Å². The highest BCUT2D eigenvalue weighted by molar-refractivity contribution is 8.26. The number of rotatable bonds is 7. The molecule has 0 saturated carbocycles. The van der Waals surface area contributed by atoms with Crippen molar-refractivity contribution in [1.82, 2.24) is 24.5 Å². The number of thiocarbonyl (C=S) groups is 1. The maximum absolute atomic E-state index is 12.0. The number of carbonyl (C=O) groups excluding carboxylic acids is 1. The Morgan fingerprint density at radius 1 is 1.15 bits per heavy atom. The van der Waals surface area contributed by atoms with Crippen molar-refractivity contribution in [3.63, 3.8) is 0 Å². The first-order valence-corrected chi connectivity index (χ1v) is 13.1. The summed E-state index contributed by atoms with van der Waals surface area (Å²) in [6.45, 7) is 9.01. The molecule has 2 aliphatic rings. The van der Waals surface area contributed by atoms with E-state index in [4.69, 9.17) is 12.2 Å². The highest BCUT2D eigenvalue weighted by Crippen LogP contribution is 2.27. The van der Waals surface area contributed by atoms with E-state index < -0.39 is 0 Å². The van der Waals surface area contributed by atoms with Gasteiger partial charge in [0.2, 0.25) is 0 Å². The van der Waals surface area contributed by atoms with E-state index in [0.29, 0.717) is 9.23 Å². The SMILES string of the molecule is CCCCN1CCN(Cc2cccc(-c3cnc4ccc(C=C5SC(=S)NC5=O)cn34)c2)CC1. The third-order valence-electron chi connectivity index (χ3n) is 6.39. The number of amides is 1. The number of carbonyl (C=O) groups is 1. The number of pyridine rings is 1. The summed E-state index contributed by atoms with van der Waals surface area (Å²) < 4.78 is 2.59. The molecule has 0 aliphatic carbocycles.